The summed E-state index contributed by atoms with van der Waals surface area (Å²) < 4.78 is 0. The van der Waals surface area contributed by atoms with E-state index in [2.05, 4.69) is 20.7 Å². The van der Waals surface area contributed by atoms with E-state index in [0.717, 1.165) is 18.4 Å². The number of aromatic nitrogens is 4. The van der Waals surface area contributed by atoms with Crippen molar-refractivity contribution in [2.24, 2.45) is 17.6 Å². The van der Waals surface area contributed by atoms with E-state index in [4.69, 9.17) is 5.73 Å². The Morgan fingerprint density at radius 2 is 2.03 bits per heavy atom. The van der Waals surface area contributed by atoms with Gasteiger partial charge in [0.05, 0.1) is 5.92 Å². The number of carbonyl (C=O) groups excluding carboxylic acids is 2. The Morgan fingerprint density at radius 3 is 2.72 bits per heavy atom. The van der Waals surface area contributed by atoms with Crippen molar-refractivity contribution in [2.45, 2.75) is 32.7 Å². The van der Waals surface area contributed by atoms with Crippen molar-refractivity contribution in [1.29, 1.82) is 0 Å². The average molecular weight is 399 g/mol. The summed E-state index contributed by atoms with van der Waals surface area (Å²) in [5.74, 6) is 0.136. The lowest BCUT2D eigenvalue weighted by Gasteiger charge is -2.34. The molecule has 1 aliphatic rings. The van der Waals surface area contributed by atoms with Crippen LogP contribution in [0.2, 0.25) is 0 Å². The second-order valence-corrected chi connectivity index (χ2v) is 7.69. The summed E-state index contributed by atoms with van der Waals surface area (Å²) in [4.78, 5) is 28.8. The van der Waals surface area contributed by atoms with Gasteiger partial charge in [-0.3, -0.25) is 9.59 Å². The summed E-state index contributed by atoms with van der Waals surface area (Å²) >= 11 is 0. The zero-order valence-electron chi connectivity index (χ0n) is 17.0. The minimum absolute atomic E-state index is 0.0215. The van der Waals surface area contributed by atoms with Gasteiger partial charge in [-0.05, 0) is 24.0 Å². The van der Waals surface area contributed by atoms with Crippen LogP contribution in [-0.2, 0) is 9.59 Å². The van der Waals surface area contributed by atoms with E-state index >= 15 is 0 Å². The highest BCUT2D eigenvalue weighted by atomic mass is 16.2. The van der Waals surface area contributed by atoms with Crippen LogP contribution in [0.4, 0.5) is 0 Å². The Labute approximate surface area is 170 Å². The lowest BCUT2D eigenvalue weighted by atomic mass is 9.95. The highest BCUT2D eigenvalue weighted by molar-refractivity contribution is 5.83. The third-order valence-electron chi connectivity index (χ3n) is 5.14. The van der Waals surface area contributed by atoms with Crippen LogP contribution >= 0.6 is 0 Å². The molecule has 9 heteroatoms. The Balaban J connectivity index is 1.74. The van der Waals surface area contributed by atoms with Crippen molar-refractivity contribution in [1.82, 2.24) is 30.4 Å². The first-order valence-electron chi connectivity index (χ1n) is 10.1. The van der Waals surface area contributed by atoms with Gasteiger partial charge in [-0.25, -0.2) is 0 Å². The Bertz CT molecular complexity index is 821. The van der Waals surface area contributed by atoms with E-state index in [9.17, 15) is 9.59 Å². The predicted octanol–water partition coefficient (Wildman–Crippen LogP) is 0.851. The molecule has 0 bridgehead atoms. The smallest absolute Gasteiger partial charge is 0.249 e. The minimum Gasteiger partial charge on any atom is -0.355 e. The van der Waals surface area contributed by atoms with Gasteiger partial charge in [0.2, 0.25) is 17.6 Å². The molecule has 1 aliphatic heterocycles. The van der Waals surface area contributed by atoms with Gasteiger partial charge in [-0.1, -0.05) is 44.2 Å². The molecule has 29 heavy (non-hydrogen) atoms. The highest BCUT2D eigenvalue weighted by Gasteiger charge is 2.35. The fourth-order valence-electron chi connectivity index (χ4n) is 3.61. The molecule has 1 aromatic carbocycles. The van der Waals surface area contributed by atoms with E-state index in [-0.39, 0.29) is 23.7 Å². The summed E-state index contributed by atoms with van der Waals surface area (Å²) in [6, 6.07) is 8.98. The maximum absolute atomic E-state index is 13.3. The fraction of sp³-hybridized carbons (Fsp3) is 0.550. The molecule has 0 aliphatic carbocycles. The van der Waals surface area contributed by atoms with Crippen LogP contribution in [0.3, 0.4) is 0 Å². The topological polar surface area (TPSA) is 119 Å². The van der Waals surface area contributed by atoms with E-state index in [1.807, 2.05) is 44.2 Å². The van der Waals surface area contributed by atoms with Crippen molar-refractivity contribution in [3.63, 3.8) is 0 Å². The highest BCUT2D eigenvalue weighted by Crippen LogP contribution is 2.24. The number of nitrogens with zero attached hydrogens (tertiary/aromatic N) is 5. The molecule has 9 nitrogen and oxygen atoms in total. The molecule has 2 amide bonds. The molecule has 156 valence electrons. The molecule has 2 unspecified atom stereocenters. The van der Waals surface area contributed by atoms with Crippen molar-refractivity contribution in [2.75, 3.05) is 26.2 Å². The first-order chi connectivity index (χ1) is 14.0. The summed E-state index contributed by atoms with van der Waals surface area (Å²) in [6.07, 6.45) is 1.56. The number of likely N-dealkylation sites (tertiary alicyclic amines) is 1. The Kier molecular flexibility index (Phi) is 6.92. The minimum atomic E-state index is -0.564. The summed E-state index contributed by atoms with van der Waals surface area (Å²) in [7, 11) is 0. The molecule has 1 saturated heterocycles. The van der Waals surface area contributed by atoms with E-state index in [1.165, 1.54) is 4.80 Å². The maximum atomic E-state index is 13.3. The summed E-state index contributed by atoms with van der Waals surface area (Å²) in [5.41, 5.74) is 6.31. The molecular weight excluding hydrogens is 370 g/mol. The first kappa shape index (κ1) is 20.9. The number of rotatable bonds is 7. The second kappa shape index (κ2) is 9.60. The van der Waals surface area contributed by atoms with Gasteiger partial charge in [-0.15, -0.1) is 10.2 Å². The molecule has 0 radical (unpaired) electrons. The number of nitrogens with one attached hydrogen (secondary N) is 1. The van der Waals surface area contributed by atoms with Crippen LogP contribution < -0.4 is 11.1 Å². The number of hydrogen-bond donors (Lipinski definition) is 2. The van der Waals surface area contributed by atoms with Gasteiger partial charge in [0, 0.05) is 31.7 Å². The van der Waals surface area contributed by atoms with E-state index in [1.54, 1.807) is 4.90 Å². The van der Waals surface area contributed by atoms with Crippen LogP contribution in [-0.4, -0.2) is 63.1 Å². The lowest BCUT2D eigenvalue weighted by Crippen LogP contribution is -2.49. The number of carbonyl (C=O) groups is 2. The molecule has 1 aromatic heterocycles. The normalized spacial score (nSPS) is 17.9. The summed E-state index contributed by atoms with van der Waals surface area (Å²) in [6.45, 7) is 5.80. The largest absolute Gasteiger partial charge is 0.355 e. The number of amides is 2. The third kappa shape index (κ3) is 4.97. The lowest BCUT2D eigenvalue weighted by molar-refractivity contribution is -0.140. The standard InChI is InChI=1S/C20H29N7O2/c1-14(2)17(27-24-18(23-25-27)15-7-4-3-5-8-15)20(29)26-12-6-9-16(13-26)19(28)22-11-10-21/h3-5,7-8,14,16-17H,6,9-13,21H2,1-2H3,(H,22,28). The molecule has 3 N–H and O–H groups in total. The molecule has 3 rings (SSSR count). The van der Waals surface area contributed by atoms with Gasteiger partial charge in [0.1, 0.15) is 0 Å². The molecule has 2 heterocycles. The number of benzene rings is 1. The van der Waals surface area contributed by atoms with Crippen LogP contribution in [0.5, 0.6) is 0 Å². The average Bonchev–Trinajstić information content (AvgIpc) is 3.22. The van der Waals surface area contributed by atoms with Crippen molar-refractivity contribution in [3.05, 3.63) is 30.3 Å². The monoisotopic (exact) mass is 399 g/mol. The zero-order valence-corrected chi connectivity index (χ0v) is 17.0. The second-order valence-electron chi connectivity index (χ2n) is 7.69. The maximum Gasteiger partial charge on any atom is 0.249 e. The molecule has 2 aromatic rings. The van der Waals surface area contributed by atoms with Crippen LogP contribution in [0.1, 0.15) is 32.7 Å². The molecule has 2 atom stereocenters. The van der Waals surface area contributed by atoms with Gasteiger partial charge < -0.3 is 16.0 Å². The third-order valence-corrected chi connectivity index (χ3v) is 5.14. The van der Waals surface area contributed by atoms with Crippen molar-refractivity contribution < 1.29 is 9.59 Å². The zero-order chi connectivity index (χ0) is 20.8. The summed E-state index contributed by atoms with van der Waals surface area (Å²) in [5, 5.41) is 15.6. The van der Waals surface area contributed by atoms with Crippen LogP contribution in [0, 0.1) is 11.8 Å². The molecule has 0 saturated carbocycles. The van der Waals surface area contributed by atoms with Gasteiger partial charge in [0.15, 0.2) is 6.04 Å². The quantitative estimate of drug-likeness (QED) is 0.712. The van der Waals surface area contributed by atoms with E-state index < -0.39 is 6.04 Å². The Morgan fingerprint density at radius 1 is 1.28 bits per heavy atom. The van der Waals surface area contributed by atoms with Gasteiger partial charge in [0.25, 0.3) is 0 Å². The number of hydrogen-bond acceptors (Lipinski definition) is 6. The van der Waals surface area contributed by atoms with Crippen molar-refractivity contribution >= 4 is 11.8 Å². The molecule has 1 fully saturated rings. The number of nitrogens with two attached hydrogens (primary N) is 1. The van der Waals surface area contributed by atoms with Crippen molar-refractivity contribution in [3.8, 4) is 11.4 Å². The van der Waals surface area contributed by atoms with Crippen LogP contribution in [0.15, 0.2) is 30.3 Å². The number of piperidine rings is 1. The van der Waals surface area contributed by atoms with Gasteiger partial charge in [-0.2, -0.15) is 4.80 Å². The fourth-order valence-corrected chi connectivity index (χ4v) is 3.61. The van der Waals surface area contributed by atoms with Crippen LogP contribution in [0.25, 0.3) is 11.4 Å². The van der Waals surface area contributed by atoms with Gasteiger partial charge >= 0.3 is 0 Å². The first-order valence-corrected chi connectivity index (χ1v) is 10.1. The molecular formula is C20H29N7O2. The Hall–Kier alpha value is -2.81. The van der Waals surface area contributed by atoms with E-state index in [0.29, 0.717) is 32.0 Å². The molecule has 0 spiro atoms. The SMILES string of the molecule is CC(C)C(C(=O)N1CCCC(C(=O)NCCN)C1)n1nnc(-c2ccccc2)n1. The predicted molar refractivity (Wildman–Crippen MR) is 108 cm³/mol. The number of tetrazole rings is 1.